The molecule has 7 heterocycles. The molecule has 10 rings (SSSR count). The van der Waals surface area contributed by atoms with Gasteiger partial charge in [-0.2, -0.15) is 15.6 Å². The van der Waals surface area contributed by atoms with Crippen LogP contribution in [-0.2, 0) is 0 Å². The van der Waals surface area contributed by atoms with Gasteiger partial charge in [0, 0.05) is 18.1 Å². The normalized spacial score (nSPS) is 55.9. The number of nitrogens with one attached hydrogen (secondary N) is 7. The Labute approximate surface area is 263 Å². The molecule has 10 heteroatoms. The third-order valence-corrected chi connectivity index (χ3v) is 14.2. The first-order valence-corrected chi connectivity index (χ1v) is 18.7. The minimum atomic E-state index is -0.156. The van der Waals surface area contributed by atoms with E-state index in [1.54, 1.807) is 0 Å². The number of nitrogens with zero attached hydrogens (tertiary/aromatic N) is 3. The Bertz CT molecular complexity index is 1170. The van der Waals surface area contributed by atoms with E-state index in [-0.39, 0.29) is 17.9 Å². The van der Waals surface area contributed by atoms with Gasteiger partial charge in [-0.25, -0.2) is 0 Å². The minimum absolute atomic E-state index is 0.156. The molecule has 10 nitrogen and oxygen atoms in total. The van der Waals surface area contributed by atoms with Crippen molar-refractivity contribution in [3.8, 4) is 0 Å². The zero-order chi connectivity index (χ0) is 29.2. The highest BCUT2D eigenvalue weighted by molar-refractivity contribution is 5.65. The number of rotatable bonds is 0. The predicted molar refractivity (Wildman–Crippen MR) is 171 cm³/mol. The SMILES string of the molecule is CC1(C)C=CC2C3NC(NC4NC(NC5C6CCCCC6C6NC7C8CCCCC8C(N3)N7NN56)C3CCCCC43)C2C=N1. The average Bonchev–Trinajstić information content (AvgIpc) is 3.71. The maximum atomic E-state index is 5.11. The van der Waals surface area contributed by atoms with E-state index < -0.39 is 0 Å². The summed E-state index contributed by atoms with van der Waals surface area (Å²) in [6.07, 6.45) is 25.8. The number of hydrazine groups is 2. The maximum absolute atomic E-state index is 5.11. The Morgan fingerprint density at radius 2 is 0.955 bits per heavy atom. The molecule has 16 atom stereocenters. The molecule has 3 aliphatic carbocycles. The van der Waals surface area contributed by atoms with Crippen molar-refractivity contribution >= 4 is 6.21 Å². The Kier molecular flexibility index (Phi) is 6.72. The third kappa shape index (κ3) is 4.28. The van der Waals surface area contributed by atoms with Crippen LogP contribution in [0.2, 0.25) is 0 Å². The lowest BCUT2D eigenvalue weighted by molar-refractivity contribution is -0.132. The van der Waals surface area contributed by atoms with Crippen LogP contribution in [0, 0.1) is 47.3 Å². The molecule has 44 heavy (non-hydrogen) atoms. The molecule has 6 saturated heterocycles. The Morgan fingerprint density at radius 3 is 1.55 bits per heavy atom. The van der Waals surface area contributed by atoms with Crippen LogP contribution in [0.5, 0.6) is 0 Å². The molecule has 7 aliphatic heterocycles. The van der Waals surface area contributed by atoms with E-state index in [1.165, 1.54) is 77.0 Å². The van der Waals surface area contributed by atoms with E-state index in [9.17, 15) is 0 Å². The van der Waals surface area contributed by atoms with Gasteiger partial charge in [0.1, 0.15) is 0 Å². The monoisotopic (exact) mass is 604 g/mol. The first-order valence-electron chi connectivity index (χ1n) is 18.7. The smallest absolute Gasteiger partial charge is 0.0808 e. The van der Waals surface area contributed by atoms with Gasteiger partial charge in [-0.05, 0) is 87.9 Å². The Morgan fingerprint density at radius 1 is 0.523 bits per heavy atom. The lowest BCUT2D eigenvalue weighted by atomic mass is 9.77. The minimum Gasteiger partial charge on any atom is -0.287 e. The predicted octanol–water partition coefficient (Wildman–Crippen LogP) is 2.31. The molecule has 16 unspecified atom stereocenters. The molecule has 7 N–H and O–H groups in total. The molecule has 0 aromatic heterocycles. The van der Waals surface area contributed by atoms with Crippen LogP contribution in [0.1, 0.15) is 90.9 Å². The molecule has 0 spiro atoms. The van der Waals surface area contributed by atoms with Crippen LogP contribution in [0.15, 0.2) is 17.1 Å². The summed E-state index contributed by atoms with van der Waals surface area (Å²) < 4.78 is 0. The molecule has 9 fully saturated rings. The van der Waals surface area contributed by atoms with Gasteiger partial charge in [0.2, 0.25) is 0 Å². The van der Waals surface area contributed by atoms with Crippen LogP contribution >= 0.6 is 0 Å². The molecule has 0 aromatic rings. The van der Waals surface area contributed by atoms with Gasteiger partial charge in [0.05, 0.1) is 54.9 Å². The van der Waals surface area contributed by atoms with Gasteiger partial charge in [-0.3, -0.25) is 36.9 Å². The maximum Gasteiger partial charge on any atom is 0.0808 e. The lowest BCUT2D eigenvalue weighted by Crippen LogP contribution is -2.75. The highest BCUT2D eigenvalue weighted by Crippen LogP contribution is 2.50. The average molecular weight is 605 g/mol. The molecule has 242 valence electrons. The van der Waals surface area contributed by atoms with Crippen LogP contribution in [0.25, 0.3) is 0 Å². The fourth-order valence-electron chi connectivity index (χ4n) is 12.1. The zero-order valence-electron chi connectivity index (χ0n) is 26.8. The van der Waals surface area contributed by atoms with Crippen molar-refractivity contribution in [2.45, 2.75) is 146 Å². The van der Waals surface area contributed by atoms with Crippen molar-refractivity contribution < 1.29 is 0 Å². The molecular weight excluding hydrogens is 548 g/mol. The number of fused-ring (bicyclic) bond motifs is 16. The number of hydrogen-bond donors (Lipinski definition) is 7. The van der Waals surface area contributed by atoms with Gasteiger partial charge in [-0.1, -0.05) is 50.7 Å². The van der Waals surface area contributed by atoms with Crippen molar-refractivity contribution in [3.05, 3.63) is 12.2 Å². The van der Waals surface area contributed by atoms with E-state index in [0.29, 0.717) is 78.4 Å². The first kappa shape index (κ1) is 28.1. The van der Waals surface area contributed by atoms with E-state index >= 15 is 0 Å². The fraction of sp³-hybridized carbons (Fsp3) is 0.912. The van der Waals surface area contributed by atoms with Crippen molar-refractivity contribution in [2.24, 2.45) is 52.3 Å². The van der Waals surface area contributed by atoms with Gasteiger partial charge in [-0.15, -0.1) is 0 Å². The Balaban J connectivity index is 1.06. The largest absolute Gasteiger partial charge is 0.287 e. The van der Waals surface area contributed by atoms with E-state index in [2.05, 4.69) is 79.7 Å². The summed E-state index contributed by atoms with van der Waals surface area (Å²) in [7, 11) is 0. The highest BCUT2D eigenvalue weighted by Gasteiger charge is 2.61. The standard InChI is InChI=1S/C34H56N10/c1-34(2)16-15-20-25(17-35-34)29-37-26-18-9-3-4-10-19(18)27(36-26)39-30-21-11-5-7-13-23(21)32-41-33-24-14-8-6-12-22(24)31(40-28(20)38-29)44(33)42-43(30)32/h15-33,36-42H,3-14H2,1-2H3. The fourth-order valence-corrected chi connectivity index (χ4v) is 12.1. The molecule has 6 bridgehead atoms. The molecule has 0 aromatic carbocycles. The van der Waals surface area contributed by atoms with Gasteiger partial charge < -0.3 is 0 Å². The van der Waals surface area contributed by atoms with Crippen molar-refractivity contribution in [3.63, 3.8) is 0 Å². The summed E-state index contributed by atoms with van der Waals surface area (Å²) in [6.45, 7) is 4.48. The number of hydrogen-bond acceptors (Lipinski definition) is 10. The van der Waals surface area contributed by atoms with Gasteiger partial charge in [0.15, 0.2) is 0 Å². The Hall–Kier alpha value is -0.950. The molecule has 10 aliphatic rings. The van der Waals surface area contributed by atoms with E-state index in [0.717, 1.165) is 5.92 Å². The lowest BCUT2D eigenvalue weighted by Gasteiger charge is -2.48. The van der Waals surface area contributed by atoms with Crippen molar-refractivity contribution in [1.29, 1.82) is 0 Å². The second kappa shape index (κ2) is 10.5. The summed E-state index contributed by atoms with van der Waals surface area (Å²) in [4.78, 5) is 5.11. The first-order chi connectivity index (χ1) is 21.5. The highest BCUT2D eigenvalue weighted by atomic mass is 15.9. The van der Waals surface area contributed by atoms with Crippen LogP contribution < -0.4 is 37.4 Å². The van der Waals surface area contributed by atoms with Crippen molar-refractivity contribution in [2.75, 3.05) is 0 Å². The summed E-state index contributed by atoms with van der Waals surface area (Å²) in [5.74, 6) is 4.77. The van der Waals surface area contributed by atoms with Crippen LogP contribution in [0.4, 0.5) is 0 Å². The van der Waals surface area contributed by atoms with Crippen molar-refractivity contribution in [1.82, 2.24) is 47.5 Å². The van der Waals surface area contributed by atoms with Crippen LogP contribution in [0.3, 0.4) is 0 Å². The second-order valence-electron chi connectivity index (χ2n) is 16.9. The number of aliphatic imine (C=N–C) groups is 1. The summed E-state index contributed by atoms with van der Waals surface area (Å²) in [5.41, 5.74) is 4.04. The molecule has 0 amide bonds. The van der Waals surface area contributed by atoms with E-state index in [4.69, 9.17) is 4.99 Å². The molecule has 0 radical (unpaired) electrons. The quantitative estimate of drug-likeness (QED) is 0.210. The van der Waals surface area contributed by atoms with E-state index in [1.807, 2.05) is 0 Å². The third-order valence-electron chi connectivity index (χ3n) is 14.2. The van der Waals surface area contributed by atoms with Crippen LogP contribution in [-0.4, -0.2) is 71.1 Å². The second-order valence-corrected chi connectivity index (χ2v) is 16.9. The topological polar surface area (TPSA) is 103 Å². The molecular formula is C34H56N10. The molecule has 3 saturated carbocycles. The summed E-state index contributed by atoms with van der Waals surface area (Å²) in [5, 5.41) is 30.9. The zero-order valence-corrected chi connectivity index (χ0v) is 26.8. The summed E-state index contributed by atoms with van der Waals surface area (Å²) >= 11 is 0. The summed E-state index contributed by atoms with van der Waals surface area (Å²) in [6, 6.07) is 0. The van der Waals surface area contributed by atoms with Gasteiger partial charge in [0.25, 0.3) is 0 Å². The van der Waals surface area contributed by atoms with Gasteiger partial charge >= 0.3 is 0 Å².